The Morgan fingerprint density at radius 2 is 2.19 bits per heavy atom. The average Bonchev–Trinajstić information content (AvgIpc) is 2.73. The molecule has 16 heavy (non-hydrogen) atoms. The number of fused-ring (bicyclic) bond motifs is 1. The van der Waals surface area contributed by atoms with Gasteiger partial charge in [0, 0.05) is 30.2 Å². The molecular weight excluding hydrogens is 196 g/mol. The molecule has 0 amide bonds. The molecule has 0 aliphatic rings. The van der Waals surface area contributed by atoms with Crippen LogP contribution in [-0.2, 0) is 13.1 Å². The van der Waals surface area contributed by atoms with Crippen LogP contribution >= 0.6 is 0 Å². The van der Waals surface area contributed by atoms with Gasteiger partial charge >= 0.3 is 0 Å². The lowest BCUT2D eigenvalue weighted by Crippen LogP contribution is -1.98. The second-order valence-corrected chi connectivity index (χ2v) is 3.99. The monoisotopic (exact) mass is 214 g/mol. The van der Waals surface area contributed by atoms with Crippen LogP contribution in [0.3, 0.4) is 0 Å². The zero-order chi connectivity index (χ0) is 11.4. The minimum absolute atomic E-state index is 0.605. The molecule has 0 atom stereocenters. The summed E-state index contributed by atoms with van der Waals surface area (Å²) in [5.74, 6) is 0. The second-order valence-electron chi connectivity index (χ2n) is 3.99. The molecule has 1 heterocycles. The normalized spacial score (nSPS) is 10.8. The molecule has 0 bridgehead atoms. The van der Waals surface area contributed by atoms with Crippen LogP contribution in [0.2, 0.25) is 0 Å². The van der Waals surface area contributed by atoms with Gasteiger partial charge in [-0.25, -0.2) is 0 Å². The molecule has 2 N–H and O–H groups in total. The Labute approximate surface area is 96.4 Å². The number of nitrogens with two attached hydrogens (primary N) is 1. The third-order valence-corrected chi connectivity index (χ3v) is 2.93. The van der Waals surface area contributed by atoms with Gasteiger partial charge in [-0.15, -0.1) is 6.58 Å². The summed E-state index contributed by atoms with van der Waals surface area (Å²) in [6.07, 6.45) is 6.32. The molecule has 0 fully saturated rings. The minimum Gasteiger partial charge on any atom is -0.347 e. The van der Waals surface area contributed by atoms with Gasteiger partial charge in [0.1, 0.15) is 0 Å². The highest BCUT2D eigenvalue weighted by atomic mass is 14.9. The highest BCUT2D eigenvalue weighted by Gasteiger charge is 2.03. The molecule has 0 spiro atoms. The zero-order valence-electron chi connectivity index (χ0n) is 9.52. The standard InChI is InChI=1S/C14H18N2/c1-2-3-4-9-16-10-8-13-12(11-15)6-5-7-14(13)16/h2,5-8,10H,1,3-4,9,11,15H2. The molecule has 0 unspecified atom stereocenters. The Bertz CT molecular complexity index is 482. The molecular formula is C14H18N2. The molecule has 0 radical (unpaired) electrons. The Balaban J connectivity index is 2.30. The number of rotatable bonds is 5. The number of hydrogen-bond acceptors (Lipinski definition) is 1. The fourth-order valence-electron chi connectivity index (χ4n) is 2.07. The highest BCUT2D eigenvalue weighted by Crippen LogP contribution is 2.20. The molecule has 2 aromatic rings. The maximum absolute atomic E-state index is 5.72. The molecule has 2 heteroatoms. The third-order valence-electron chi connectivity index (χ3n) is 2.93. The fourth-order valence-corrected chi connectivity index (χ4v) is 2.07. The average molecular weight is 214 g/mol. The predicted octanol–water partition coefficient (Wildman–Crippen LogP) is 3.07. The first-order valence-corrected chi connectivity index (χ1v) is 5.74. The summed E-state index contributed by atoms with van der Waals surface area (Å²) in [7, 11) is 0. The lowest BCUT2D eigenvalue weighted by molar-refractivity contribution is 0.671. The summed E-state index contributed by atoms with van der Waals surface area (Å²) in [6.45, 7) is 5.39. The first kappa shape index (κ1) is 11.0. The van der Waals surface area contributed by atoms with Crippen molar-refractivity contribution in [2.75, 3.05) is 0 Å². The Morgan fingerprint density at radius 1 is 1.31 bits per heavy atom. The molecule has 2 nitrogen and oxygen atoms in total. The van der Waals surface area contributed by atoms with E-state index >= 15 is 0 Å². The maximum atomic E-state index is 5.72. The molecule has 1 aromatic heterocycles. The van der Waals surface area contributed by atoms with Crippen molar-refractivity contribution in [1.29, 1.82) is 0 Å². The van der Waals surface area contributed by atoms with Gasteiger partial charge < -0.3 is 10.3 Å². The number of unbranched alkanes of at least 4 members (excludes halogenated alkanes) is 1. The lowest BCUT2D eigenvalue weighted by atomic mass is 10.1. The van der Waals surface area contributed by atoms with Gasteiger partial charge in [0.05, 0.1) is 0 Å². The van der Waals surface area contributed by atoms with Crippen LogP contribution < -0.4 is 5.73 Å². The van der Waals surface area contributed by atoms with E-state index in [1.54, 1.807) is 0 Å². The van der Waals surface area contributed by atoms with E-state index in [0.717, 1.165) is 19.4 Å². The van der Waals surface area contributed by atoms with Crippen molar-refractivity contribution >= 4 is 10.9 Å². The van der Waals surface area contributed by atoms with E-state index in [4.69, 9.17) is 5.73 Å². The van der Waals surface area contributed by atoms with Crippen molar-refractivity contribution in [3.8, 4) is 0 Å². The van der Waals surface area contributed by atoms with Crippen molar-refractivity contribution in [1.82, 2.24) is 4.57 Å². The summed E-state index contributed by atoms with van der Waals surface area (Å²) >= 11 is 0. The van der Waals surface area contributed by atoms with E-state index in [1.807, 2.05) is 6.08 Å². The van der Waals surface area contributed by atoms with Gasteiger partial charge in [-0.3, -0.25) is 0 Å². The van der Waals surface area contributed by atoms with Gasteiger partial charge in [-0.1, -0.05) is 18.2 Å². The first-order valence-electron chi connectivity index (χ1n) is 5.74. The summed E-state index contributed by atoms with van der Waals surface area (Å²) in [6, 6.07) is 8.48. The van der Waals surface area contributed by atoms with Crippen LogP contribution in [0.1, 0.15) is 18.4 Å². The van der Waals surface area contributed by atoms with Crippen LogP contribution in [0.5, 0.6) is 0 Å². The molecule has 0 saturated carbocycles. The Morgan fingerprint density at radius 3 is 2.94 bits per heavy atom. The molecule has 0 aliphatic carbocycles. The van der Waals surface area contributed by atoms with Crippen LogP contribution in [0.25, 0.3) is 10.9 Å². The van der Waals surface area contributed by atoms with Crippen molar-refractivity contribution < 1.29 is 0 Å². The van der Waals surface area contributed by atoms with Gasteiger partial charge in [-0.2, -0.15) is 0 Å². The van der Waals surface area contributed by atoms with Crippen molar-refractivity contribution in [3.05, 3.63) is 48.7 Å². The number of nitrogens with zero attached hydrogens (tertiary/aromatic N) is 1. The number of aryl methyl sites for hydroxylation is 1. The molecule has 84 valence electrons. The quantitative estimate of drug-likeness (QED) is 0.602. The molecule has 2 rings (SSSR count). The fraction of sp³-hybridized carbons (Fsp3) is 0.286. The lowest BCUT2D eigenvalue weighted by Gasteiger charge is -2.05. The first-order chi connectivity index (χ1) is 7.86. The maximum Gasteiger partial charge on any atom is 0.0483 e. The van der Waals surface area contributed by atoms with Crippen molar-refractivity contribution in [3.63, 3.8) is 0 Å². The van der Waals surface area contributed by atoms with E-state index in [-0.39, 0.29) is 0 Å². The number of benzene rings is 1. The third kappa shape index (κ3) is 2.02. The van der Waals surface area contributed by atoms with Crippen LogP contribution in [0.4, 0.5) is 0 Å². The van der Waals surface area contributed by atoms with E-state index in [0.29, 0.717) is 6.54 Å². The minimum atomic E-state index is 0.605. The number of aromatic nitrogens is 1. The van der Waals surface area contributed by atoms with E-state index < -0.39 is 0 Å². The number of allylic oxidation sites excluding steroid dienone is 1. The molecule has 0 aliphatic heterocycles. The van der Waals surface area contributed by atoms with Gasteiger partial charge in [0.25, 0.3) is 0 Å². The summed E-state index contributed by atoms with van der Waals surface area (Å²) in [5, 5.41) is 1.28. The summed E-state index contributed by atoms with van der Waals surface area (Å²) in [4.78, 5) is 0. The van der Waals surface area contributed by atoms with Gasteiger partial charge in [-0.05, 0) is 30.5 Å². The molecule has 0 saturated heterocycles. The topological polar surface area (TPSA) is 30.9 Å². The second kappa shape index (κ2) is 4.99. The van der Waals surface area contributed by atoms with E-state index in [2.05, 4.69) is 41.6 Å². The number of hydrogen-bond donors (Lipinski definition) is 1. The zero-order valence-corrected chi connectivity index (χ0v) is 9.52. The summed E-state index contributed by atoms with van der Waals surface area (Å²) < 4.78 is 2.29. The Hall–Kier alpha value is -1.54. The van der Waals surface area contributed by atoms with Crippen molar-refractivity contribution in [2.24, 2.45) is 5.73 Å². The van der Waals surface area contributed by atoms with Crippen LogP contribution in [-0.4, -0.2) is 4.57 Å². The van der Waals surface area contributed by atoms with E-state index in [1.165, 1.54) is 16.5 Å². The van der Waals surface area contributed by atoms with Crippen LogP contribution in [0.15, 0.2) is 43.1 Å². The summed E-state index contributed by atoms with van der Waals surface area (Å²) in [5.41, 5.74) is 8.23. The molecule has 1 aromatic carbocycles. The predicted molar refractivity (Wildman–Crippen MR) is 69.3 cm³/mol. The highest BCUT2D eigenvalue weighted by molar-refractivity contribution is 5.83. The van der Waals surface area contributed by atoms with Crippen LogP contribution in [0, 0.1) is 0 Å². The van der Waals surface area contributed by atoms with E-state index in [9.17, 15) is 0 Å². The largest absolute Gasteiger partial charge is 0.347 e. The van der Waals surface area contributed by atoms with Gasteiger partial charge in [0.15, 0.2) is 0 Å². The smallest absolute Gasteiger partial charge is 0.0483 e. The van der Waals surface area contributed by atoms with Gasteiger partial charge in [0.2, 0.25) is 0 Å². The Kier molecular flexibility index (Phi) is 3.42. The van der Waals surface area contributed by atoms with Crippen molar-refractivity contribution in [2.45, 2.75) is 25.9 Å². The SMILES string of the molecule is C=CCCCn1ccc2c(CN)cccc21.